The summed E-state index contributed by atoms with van der Waals surface area (Å²) < 4.78 is 19.3. The molecule has 8 nitrogen and oxygen atoms in total. The molecule has 4 aromatic rings. The molecule has 9 heteroatoms. The normalized spacial score (nSPS) is 19.4. The summed E-state index contributed by atoms with van der Waals surface area (Å²) in [6, 6.07) is 8.76. The molecule has 3 N–H and O–H groups in total. The molecule has 1 saturated carbocycles. The molecule has 1 aliphatic heterocycles. The summed E-state index contributed by atoms with van der Waals surface area (Å²) in [6.45, 7) is 3.60. The van der Waals surface area contributed by atoms with E-state index in [1.54, 1.807) is 29.5 Å². The van der Waals surface area contributed by atoms with Crippen molar-refractivity contribution in [2.75, 3.05) is 13.1 Å². The molecule has 1 amide bonds. The third-order valence-corrected chi connectivity index (χ3v) is 7.48. The van der Waals surface area contributed by atoms with E-state index in [0.29, 0.717) is 47.1 Å². The lowest BCUT2D eigenvalue weighted by molar-refractivity contribution is 0.0708. The van der Waals surface area contributed by atoms with Crippen LogP contribution >= 0.6 is 0 Å². The van der Waals surface area contributed by atoms with Gasteiger partial charge in [0.05, 0.1) is 23.0 Å². The topological polar surface area (TPSA) is 102 Å². The fraction of sp³-hybridized carbons (Fsp3) is 0.444. The number of carbonyl (C=O) groups is 1. The third-order valence-electron chi connectivity index (χ3n) is 7.48. The second-order valence-corrected chi connectivity index (χ2v) is 10.4. The molecular formula is C27H31FN6O2. The first-order chi connectivity index (χ1) is 17.3. The number of rotatable bonds is 5. The number of pyridine rings is 1. The van der Waals surface area contributed by atoms with Crippen LogP contribution in [0.15, 0.2) is 30.3 Å². The van der Waals surface area contributed by atoms with Crippen molar-refractivity contribution in [2.24, 2.45) is 18.7 Å². The summed E-state index contributed by atoms with van der Waals surface area (Å²) in [5, 5.41) is 11.0. The molecule has 36 heavy (non-hydrogen) atoms. The Hall–Kier alpha value is -3.30. The molecule has 2 aliphatic rings. The molecule has 1 aromatic carbocycles. The van der Waals surface area contributed by atoms with Crippen LogP contribution in [-0.2, 0) is 13.6 Å². The Morgan fingerprint density at radius 1 is 1.22 bits per heavy atom. The van der Waals surface area contributed by atoms with E-state index in [2.05, 4.69) is 4.57 Å². The van der Waals surface area contributed by atoms with Crippen LogP contribution in [0.3, 0.4) is 0 Å². The molecule has 1 aliphatic carbocycles. The van der Waals surface area contributed by atoms with Gasteiger partial charge in [0.25, 0.3) is 5.91 Å². The first-order valence-corrected chi connectivity index (χ1v) is 12.7. The standard InChI is InChI=1S/C27H31FN6O2/c1-15(35)21-8-7-17-12-23(34(25(17)30-21)13-16-5-6-16)26-31-22-11-18(10-20(28)24(22)32(26)2)27(36)33-9-3-4-19(29)14-33/h7-8,10-12,15-16,19,35H,3-6,9,13-14,29H2,1-2H3/t15?,19-/m1/s1. The molecule has 2 atom stereocenters. The molecule has 6 rings (SSSR count). The highest BCUT2D eigenvalue weighted by atomic mass is 19.1. The number of amides is 1. The number of nitrogens with two attached hydrogens (primary N) is 1. The predicted molar refractivity (Wildman–Crippen MR) is 136 cm³/mol. The van der Waals surface area contributed by atoms with Gasteiger partial charge in [-0.1, -0.05) is 0 Å². The van der Waals surface area contributed by atoms with Crippen LogP contribution < -0.4 is 5.73 Å². The summed E-state index contributed by atoms with van der Waals surface area (Å²) >= 11 is 0. The summed E-state index contributed by atoms with van der Waals surface area (Å²) in [4.78, 5) is 24.4. The molecule has 0 spiro atoms. The lowest BCUT2D eigenvalue weighted by Crippen LogP contribution is -2.45. The zero-order valence-electron chi connectivity index (χ0n) is 20.6. The Morgan fingerprint density at radius 3 is 2.75 bits per heavy atom. The van der Waals surface area contributed by atoms with Crippen molar-refractivity contribution < 1.29 is 14.3 Å². The molecule has 1 unspecified atom stereocenters. The van der Waals surface area contributed by atoms with Gasteiger partial charge >= 0.3 is 0 Å². The maximum absolute atomic E-state index is 15.4. The molecule has 0 radical (unpaired) electrons. The number of aliphatic hydroxyl groups excluding tert-OH is 1. The number of aryl methyl sites for hydroxylation is 1. The molecule has 1 saturated heterocycles. The fourth-order valence-electron chi connectivity index (χ4n) is 5.33. The number of hydrogen-bond donors (Lipinski definition) is 2. The molecule has 188 valence electrons. The number of fused-ring (bicyclic) bond motifs is 2. The van der Waals surface area contributed by atoms with Crippen LogP contribution in [0, 0.1) is 11.7 Å². The fourth-order valence-corrected chi connectivity index (χ4v) is 5.33. The maximum atomic E-state index is 15.4. The van der Waals surface area contributed by atoms with E-state index in [9.17, 15) is 9.90 Å². The Bertz CT molecular complexity index is 1480. The van der Waals surface area contributed by atoms with Crippen molar-refractivity contribution in [1.82, 2.24) is 24.0 Å². The van der Waals surface area contributed by atoms with Gasteiger partial charge in [-0.15, -0.1) is 0 Å². The molecular weight excluding hydrogens is 459 g/mol. The monoisotopic (exact) mass is 490 g/mol. The Kier molecular flexibility index (Phi) is 5.57. The lowest BCUT2D eigenvalue weighted by atomic mass is 10.0. The number of benzene rings is 1. The highest BCUT2D eigenvalue weighted by Gasteiger charge is 2.28. The van der Waals surface area contributed by atoms with Gasteiger partial charge in [-0.25, -0.2) is 14.4 Å². The number of imidazole rings is 1. The van der Waals surface area contributed by atoms with Crippen molar-refractivity contribution in [3.05, 3.63) is 47.4 Å². The van der Waals surface area contributed by atoms with Crippen molar-refractivity contribution in [3.8, 4) is 11.5 Å². The van der Waals surface area contributed by atoms with E-state index in [-0.39, 0.29) is 11.9 Å². The van der Waals surface area contributed by atoms with Gasteiger partial charge in [0.2, 0.25) is 0 Å². The largest absolute Gasteiger partial charge is 0.387 e. The Morgan fingerprint density at radius 2 is 2.03 bits per heavy atom. The molecule has 2 fully saturated rings. The number of likely N-dealkylation sites (tertiary alicyclic amines) is 1. The second kappa shape index (κ2) is 8.67. The van der Waals surface area contributed by atoms with Crippen LogP contribution in [0.4, 0.5) is 4.39 Å². The third kappa shape index (κ3) is 3.96. The molecule has 3 aromatic heterocycles. The number of hydrogen-bond acceptors (Lipinski definition) is 5. The van der Waals surface area contributed by atoms with E-state index in [1.807, 2.05) is 18.2 Å². The average molecular weight is 491 g/mol. The quantitative estimate of drug-likeness (QED) is 0.444. The predicted octanol–water partition coefficient (Wildman–Crippen LogP) is 3.76. The number of halogens is 1. The molecule has 0 bridgehead atoms. The van der Waals surface area contributed by atoms with Crippen LogP contribution in [0.25, 0.3) is 33.6 Å². The molecule has 4 heterocycles. The number of carbonyl (C=O) groups excluding carboxylic acids is 1. The van der Waals surface area contributed by atoms with Gasteiger partial charge in [0.1, 0.15) is 17.0 Å². The first-order valence-electron chi connectivity index (χ1n) is 12.7. The number of piperidine rings is 1. The first kappa shape index (κ1) is 23.1. The van der Waals surface area contributed by atoms with E-state index in [4.69, 9.17) is 15.7 Å². The van der Waals surface area contributed by atoms with Gasteiger partial charge < -0.3 is 24.9 Å². The maximum Gasteiger partial charge on any atom is 0.254 e. The number of aromatic nitrogens is 4. The summed E-state index contributed by atoms with van der Waals surface area (Å²) in [5.41, 5.74) is 9.40. The zero-order valence-corrected chi connectivity index (χ0v) is 20.6. The lowest BCUT2D eigenvalue weighted by Gasteiger charge is -2.30. The summed E-state index contributed by atoms with van der Waals surface area (Å²) in [5.74, 6) is 0.502. The minimum Gasteiger partial charge on any atom is -0.387 e. The number of aliphatic hydroxyl groups is 1. The van der Waals surface area contributed by atoms with E-state index in [0.717, 1.165) is 49.0 Å². The zero-order chi connectivity index (χ0) is 25.1. The van der Waals surface area contributed by atoms with Crippen LogP contribution in [-0.4, -0.2) is 54.1 Å². The highest BCUT2D eigenvalue weighted by Crippen LogP contribution is 2.36. The van der Waals surface area contributed by atoms with Gasteiger partial charge in [-0.05, 0) is 68.9 Å². The summed E-state index contributed by atoms with van der Waals surface area (Å²) in [7, 11) is 1.80. The van der Waals surface area contributed by atoms with E-state index < -0.39 is 11.9 Å². The average Bonchev–Trinajstić information content (AvgIpc) is 3.52. The van der Waals surface area contributed by atoms with Crippen LogP contribution in [0.5, 0.6) is 0 Å². The minimum absolute atomic E-state index is 0.0472. The summed E-state index contributed by atoms with van der Waals surface area (Å²) in [6.07, 6.45) is 3.40. The van der Waals surface area contributed by atoms with Gasteiger partial charge in [0.15, 0.2) is 5.82 Å². The SMILES string of the molecule is CC(O)c1ccc2cc(-c3nc4cc(C(=O)N5CCC[C@@H](N)C5)cc(F)c4n3C)n(CC3CC3)c2n1. The van der Waals surface area contributed by atoms with E-state index in [1.165, 1.54) is 6.07 Å². The Labute approximate surface area is 208 Å². The van der Waals surface area contributed by atoms with E-state index >= 15 is 4.39 Å². The van der Waals surface area contributed by atoms with Gasteiger partial charge in [-0.3, -0.25) is 4.79 Å². The van der Waals surface area contributed by atoms with Crippen molar-refractivity contribution in [1.29, 1.82) is 0 Å². The van der Waals surface area contributed by atoms with Crippen molar-refractivity contribution in [3.63, 3.8) is 0 Å². The number of nitrogens with zero attached hydrogens (tertiary/aromatic N) is 5. The van der Waals surface area contributed by atoms with Crippen LogP contribution in [0.2, 0.25) is 0 Å². The smallest absolute Gasteiger partial charge is 0.254 e. The second-order valence-electron chi connectivity index (χ2n) is 10.4. The highest BCUT2D eigenvalue weighted by molar-refractivity contribution is 5.98. The van der Waals surface area contributed by atoms with Gasteiger partial charge in [-0.2, -0.15) is 0 Å². The Balaban J connectivity index is 1.46. The van der Waals surface area contributed by atoms with Crippen LogP contribution in [0.1, 0.15) is 54.8 Å². The van der Waals surface area contributed by atoms with Gasteiger partial charge in [0, 0.05) is 43.7 Å². The van der Waals surface area contributed by atoms with Crippen molar-refractivity contribution >= 4 is 28.0 Å². The van der Waals surface area contributed by atoms with Crippen molar-refractivity contribution in [2.45, 2.75) is 51.3 Å². The minimum atomic E-state index is -0.669.